The fraction of sp³-hybridized carbons (Fsp3) is 0.500. The molecule has 0 N–H and O–H groups in total. The zero-order chi connectivity index (χ0) is 15.2. The number of imidazole rings is 1. The van der Waals surface area contributed by atoms with Gasteiger partial charge in [-0.25, -0.2) is 4.98 Å². The van der Waals surface area contributed by atoms with Gasteiger partial charge in [0.05, 0.1) is 19.3 Å². The van der Waals surface area contributed by atoms with Crippen molar-refractivity contribution in [1.82, 2.24) is 14.5 Å². The lowest BCUT2D eigenvalue weighted by molar-refractivity contribution is -0.0364. The number of aryl methyl sites for hydroxylation is 2. The fourth-order valence-corrected chi connectivity index (χ4v) is 3.03. The summed E-state index contributed by atoms with van der Waals surface area (Å²) in [6, 6.07) is 10.7. The minimum Gasteiger partial charge on any atom is -0.376 e. The molecule has 1 aliphatic rings. The summed E-state index contributed by atoms with van der Waals surface area (Å²) in [5.41, 5.74) is 1.42. The average molecular weight is 299 g/mol. The molecule has 4 nitrogen and oxygen atoms in total. The first-order chi connectivity index (χ1) is 10.8. The van der Waals surface area contributed by atoms with Crippen LogP contribution in [0.3, 0.4) is 0 Å². The van der Waals surface area contributed by atoms with Gasteiger partial charge in [-0.3, -0.25) is 4.90 Å². The van der Waals surface area contributed by atoms with Crippen molar-refractivity contribution in [2.75, 3.05) is 19.7 Å². The van der Waals surface area contributed by atoms with Crippen LogP contribution in [0.1, 0.15) is 24.2 Å². The summed E-state index contributed by atoms with van der Waals surface area (Å²) in [6.07, 6.45) is 7.69. The maximum Gasteiger partial charge on any atom is 0.122 e. The van der Waals surface area contributed by atoms with Crippen LogP contribution in [0, 0.1) is 0 Å². The quantitative estimate of drug-likeness (QED) is 0.821. The molecule has 0 spiro atoms. The van der Waals surface area contributed by atoms with Crippen LogP contribution < -0.4 is 0 Å². The van der Waals surface area contributed by atoms with Crippen LogP contribution in [0.5, 0.6) is 0 Å². The van der Waals surface area contributed by atoms with E-state index in [1.165, 1.54) is 12.0 Å². The highest BCUT2D eigenvalue weighted by Crippen LogP contribution is 2.15. The van der Waals surface area contributed by atoms with E-state index in [4.69, 9.17) is 4.74 Å². The maximum atomic E-state index is 5.93. The molecule has 1 aromatic heterocycles. The first kappa shape index (κ1) is 15.3. The number of hydrogen-bond donors (Lipinski definition) is 0. The Kier molecular flexibility index (Phi) is 5.24. The second-order valence-electron chi connectivity index (χ2n) is 6.06. The molecule has 4 heteroatoms. The molecule has 1 saturated heterocycles. The lowest BCUT2D eigenvalue weighted by atomic mass is 10.1. The van der Waals surface area contributed by atoms with Gasteiger partial charge in [-0.15, -0.1) is 0 Å². The number of aromatic nitrogens is 2. The van der Waals surface area contributed by atoms with Crippen molar-refractivity contribution in [3.63, 3.8) is 0 Å². The molecule has 1 fully saturated rings. The molecule has 2 heterocycles. The maximum absolute atomic E-state index is 5.93. The van der Waals surface area contributed by atoms with Crippen molar-refractivity contribution in [1.29, 1.82) is 0 Å². The van der Waals surface area contributed by atoms with Crippen molar-refractivity contribution in [3.05, 3.63) is 54.1 Å². The van der Waals surface area contributed by atoms with Gasteiger partial charge in [-0.1, -0.05) is 30.3 Å². The molecule has 118 valence electrons. The predicted molar refractivity (Wildman–Crippen MR) is 87.6 cm³/mol. The Hall–Kier alpha value is -1.65. The van der Waals surface area contributed by atoms with E-state index < -0.39 is 0 Å². The molecular formula is C18H25N3O. The van der Waals surface area contributed by atoms with Gasteiger partial charge in [-0.2, -0.15) is 0 Å². The number of benzene rings is 1. The SMILES string of the molecule is Cn1ccnc1CN1CCO[C@H](CCCc2ccccc2)C1. The molecule has 0 unspecified atom stereocenters. The predicted octanol–water partition coefficient (Wildman–Crippen LogP) is 2.64. The van der Waals surface area contributed by atoms with Crippen LogP contribution in [0.4, 0.5) is 0 Å². The van der Waals surface area contributed by atoms with Gasteiger partial charge < -0.3 is 9.30 Å². The summed E-state index contributed by atoms with van der Waals surface area (Å²) < 4.78 is 8.02. The number of ether oxygens (including phenoxy) is 1. The molecule has 1 aromatic carbocycles. The van der Waals surface area contributed by atoms with Crippen molar-refractivity contribution >= 4 is 0 Å². The molecule has 3 rings (SSSR count). The van der Waals surface area contributed by atoms with Gasteiger partial charge in [0.25, 0.3) is 0 Å². The summed E-state index contributed by atoms with van der Waals surface area (Å²) in [6.45, 7) is 3.77. The zero-order valence-electron chi connectivity index (χ0n) is 13.3. The van der Waals surface area contributed by atoms with E-state index in [2.05, 4.69) is 51.8 Å². The van der Waals surface area contributed by atoms with Crippen LogP contribution in [-0.2, 0) is 24.8 Å². The van der Waals surface area contributed by atoms with E-state index >= 15 is 0 Å². The van der Waals surface area contributed by atoms with Crippen LogP contribution in [0.25, 0.3) is 0 Å². The monoisotopic (exact) mass is 299 g/mol. The normalized spacial score (nSPS) is 19.4. The summed E-state index contributed by atoms with van der Waals surface area (Å²) >= 11 is 0. The van der Waals surface area contributed by atoms with E-state index in [0.29, 0.717) is 6.10 Å². The van der Waals surface area contributed by atoms with Crippen LogP contribution in [-0.4, -0.2) is 40.3 Å². The topological polar surface area (TPSA) is 30.3 Å². The van der Waals surface area contributed by atoms with Crippen molar-refractivity contribution in [2.45, 2.75) is 31.9 Å². The minimum atomic E-state index is 0.359. The Morgan fingerprint density at radius 1 is 1.27 bits per heavy atom. The average Bonchev–Trinajstić information content (AvgIpc) is 2.94. The number of hydrogen-bond acceptors (Lipinski definition) is 3. The first-order valence-corrected chi connectivity index (χ1v) is 8.15. The Morgan fingerprint density at radius 2 is 2.14 bits per heavy atom. The molecule has 0 aliphatic carbocycles. The number of nitrogens with zero attached hydrogens (tertiary/aromatic N) is 3. The third-order valence-corrected chi connectivity index (χ3v) is 4.34. The highest BCUT2D eigenvalue weighted by molar-refractivity contribution is 5.14. The molecule has 0 radical (unpaired) electrons. The van der Waals surface area contributed by atoms with Gasteiger partial charge in [0.15, 0.2) is 0 Å². The molecular weight excluding hydrogens is 274 g/mol. The second-order valence-corrected chi connectivity index (χ2v) is 6.06. The fourth-order valence-electron chi connectivity index (χ4n) is 3.03. The smallest absolute Gasteiger partial charge is 0.122 e. The lowest BCUT2D eigenvalue weighted by Crippen LogP contribution is -2.42. The van der Waals surface area contributed by atoms with Gasteiger partial charge in [-0.05, 0) is 24.8 Å². The Balaban J connectivity index is 1.43. The summed E-state index contributed by atoms with van der Waals surface area (Å²) in [7, 11) is 2.06. The molecule has 2 aromatic rings. The Morgan fingerprint density at radius 3 is 2.91 bits per heavy atom. The van der Waals surface area contributed by atoms with Gasteiger partial charge in [0, 0.05) is 32.5 Å². The summed E-state index contributed by atoms with van der Waals surface area (Å²) in [5, 5.41) is 0. The van der Waals surface area contributed by atoms with Crippen LogP contribution in [0.15, 0.2) is 42.7 Å². The van der Waals surface area contributed by atoms with Gasteiger partial charge in [0.2, 0.25) is 0 Å². The summed E-state index contributed by atoms with van der Waals surface area (Å²) in [4.78, 5) is 6.87. The minimum absolute atomic E-state index is 0.359. The molecule has 22 heavy (non-hydrogen) atoms. The molecule has 1 atom stereocenters. The highest BCUT2D eigenvalue weighted by atomic mass is 16.5. The van der Waals surface area contributed by atoms with Crippen molar-refractivity contribution in [2.24, 2.45) is 7.05 Å². The van der Waals surface area contributed by atoms with E-state index in [-0.39, 0.29) is 0 Å². The highest BCUT2D eigenvalue weighted by Gasteiger charge is 2.21. The molecule has 1 aliphatic heterocycles. The molecule has 0 amide bonds. The number of morpholine rings is 1. The van der Waals surface area contributed by atoms with Gasteiger partial charge in [0.1, 0.15) is 5.82 Å². The third kappa shape index (κ3) is 4.18. The van der Waals surface area contributed by atoms with E-state index in [1.54, 1.807) is 0 Å². The van der Waals surface area contributed by atoms with Crippen molar-refractivity contribution < 1.29 is 4.74 Å². The standard InChI is InChI=1S/C18H25N3O/c1-20-11-10-19-18(20)15-21-12-13-22-17(14-21)9-5-8-16-6-3-2-4-7-16/h2-4,6-7,10-11,17H,5,8-9,12-15H2,1H3/t17-/m1/s1. The Bertz CT molecular complexity index is 567. The van der Waals surface area contributed by atoms with Crippen molar-refractivity contribution in [3.8, 4) is 0 Å². The van der Waals surface area contributed by atoms with E-state index in [0.717, 1.165) is 44.9 Å². The van der Waals surface area contributed by atoms with E-state index in [9.17, 15) is 0 Å². The van der Waals surface area contributed by atoms with Crippen LogP contribution >= 0.6 is 0 Å². The Labute approximate surface area is 132 Å². The summed E-state index contributed by atoms with van der Waals surface area (Å²) in [5.74, 6) is 1.13. The van der Waals surface area contributed by atoms with E-state index in [1.807, 2.05) is 12.4 Å². The second kappa shape index (κ2) is 7.56. The van der Waals surface area contributed by atoms with Crippen LogP contribution in [0.2, 0.25) is 0 Å². The largest absolute Gasteiger partial charge is 0.376 e. The third-order valence-electron chi connectivity index (χ3n) is 4.34. The lowest BCUT2D eigenvalue weighted by Gasteiger charge is -2.32. The molecule has 0 saturated carbocycles. The number of rotatable bonds is 6. The van der Waals surface area contributed by atoms with Gasteiger partial charge >= 0.3 is 0 Å². The zero-order valence-corrected chi connectivity index (χ0v) is 13.3. The first-order valence-electron chi connectivity index (χ1n) is 8.15. The molecule has 0 bridgehead atoms.